The van der Waals surface area contributed by atoms with Crippen molar-refractivity contribution < 1.29 is 14.3 Å². The fraction of sp³-hybridized carbons (Fsp3) is 0.733. The number of ketones is 1. The number of ether oxygens (including phenoxy) is 1. The van der Waals surface area contributed by atoms with Gasteiger partial charge in [-0.3, -0.25) is 9.69 Å². The summed E-state index contributed by atoms with van der Waals surface area (Å²) in [5.74, 6) is -0.0936. The Morgan fingerprint density at radius 3 is 2.42 bits per heavy atom. The molecule has 1 amide bonds. The van der Waals surface area contributed by atoms with Crippen LogP contribution in [0.25, 0.3) is 0 Å². The third-order valence-electron chi connectivity index (χ3n) is 3.29. The Kier molecular flexibility index (Phi) is 4.77. The van der Waals surface area contributed by atoms with Crippen LogP contribution in [-0.2, 0) is 9.53 Å². The first-order valence-corrected chi connectivity index (χ1v) is 6.94. The summed E-state index contributed by atoms with van der Waals surface area (Å²) in [7, 11) is 0. The SMILES string of the molecule is CCCC1=CC(=O)[C@@H](C)[C@H](C)N1C(=O)OC(C)(C)C. The first kappa shape index (κ1) is 15.7. The molecule has 108 valence electrons. The normalized spacial score (nSPS) is 24.2. The summed E-state index contributed by atoms with van der Waals surface area (Å²) in [6.45, 7) is 11.3. The first-order valence-electron chi connectivity index (χ1n) is 6.94. The molecule has 4 nitrogen and oxygen atoms in total. The summed E-state index contributed by atoms with van der Waals surface area (Å²) >= 11 is 0. The zero-order valence-corrected chi connectivity index (χ0v) is 12.8. The number of carbonyl (C=O) groups excluding carboxylic acids is 2. The highest BCUT2D eigenvalue weighted by molar-refractivity contribution is 5.95. The Balaban J connectivity index is 3.02. The van der Waals surface area contributed by atoms with E-state index in [1.54, 1.807) is 11.0 Å². The molecule has 0 saturated heterocycles. The van der Waals surface area contributed by atoms with Crippen LogP contribution in [0.3, 0.4) is 0 Å². The maximum atomic E-state index is 12.3. The van der Waals surface area contributed by atoms with Crippen LogP contribution in [-0.4, -0.2) is 28.4 Å². The molecule has 1 aliphatic heterocycles. The molecule has 2 atom stereocenters. The van der Waals surface area contributed by atoms with Crippen LogP contribution in [0.1, 0.15) is 54.4 Å². The van der Waals surface area contributed by atoms with Crippen molar-refractivity contribution in [3.8, 4) is 0 Å². The minimum atomic E-state index is -0.529. The van der Waals surface area contributed by atoms with E-state index in [-0.39, 0.29) is 23.8 Å². The average Bonchev–Trinajstić information content (AvgIpc) is 2.24. The molecule has 0 unspecified atom stereocenters. The summed E-state index contributed by atoms with van der Waals surface area (Å²) in [4.78, 5) is 25.8. The summed E-state index contributed by atoms with van der Waals surface area (Å²) in [5, 5.41) is 0. The molecule has 1 heterocycles. The average molecular weight is 267 g/mol. The van der Waals surface area contributed by atoms with Gasteiger partial charge in [-0.2, -0.15) is 0 Å². The number of amides is 1. The summed E-state index contributed by atoms with van der Waals surface area (Å²) in [6, 6.07) is -0.158. The van der Waals surface area contributed by atoms with E-state index < -0.39 is 5.60 Å². The van der Waals surface area contributed by atoms with Crippen LogP contribution >= 0.6 is 0 Å². The lowest BCUT2D eigenvalue weighted by Gasteiger charge is -2.38. The van der Waals surface area contributed by atoms with Gasteiger partial charge >= 0.3 is 6.09 Å². The van der Waals surface area contributed by atoms with Crippen molar-refractivity contribution >= 4 is 11.9 Å². The van der Waals surface area contributed by atoms with Crippen LogP contribution in [0.15, 0.2) is 11.8 Å². The lowest BCUT2D eigenvalue weighted by molar-refractivity contribution is -0.120. The molecule has 0 aromatic carbocycles. The van der Waals surface area contributed by atoms with Crippen molar-refractivity contribution in [2.45, 2.75) is 66.0 Å². The van der Waals surface area contributed by atoms with Crippen molar-refractivity contribution in [3.63, 3.8) is 0 Å². The van der Waals surface area contributed by atoms with E-state index in [9.17, 15) is 9.59 Å². The van der Waals surface area contributed by atoms with Gasteiger partial charge in [-0.1, -0.05) is 20.3 Å². The molecule has 0 bridgehead atoms. The topological polar surface area (TPSA) is 46.6 Å². The number of allylic oxidation sites excluding steroid dienone is 2. The molecule has 0 radical (unpaired) electrons. The van der Waals surface area contributed by atoms with E-state index in [0.717, 1.165) is 12.1 Å². The first-order chi connectivity index (χ1) is 8.67. The molecule has 4 heteroatoms. The Labute approximate surface area is 115 Å². The highest BCUT2D eigenvalue weighted by Crippen LogP contribution is 2.28. The van der Waals surface area contributed by atoms with E-state index in [2.05, 4.69) is 0 Å². The molecule has 0 spiro atoms. The van der Waals surface area contributed by atoms with Gasteiger partial charge in [0, 0.05) is 23.7 Å². The quantitative estimate of drug-likeness (QED) is 0.769. The molecular weight excluding hydrogens is 242 g/mol. The minimum absolute atomic E-state index is 0.0933. The molecule has 19 heavy (non-hydrogen) atoms. The molecule has 0 aromatic rings. The van der Waals surface area contributed by atoms with Crippen LogP contribution in [0.2, 0.25) is 0 Å². The predicted molar refractivity (Wildman–Crippen MR) is 74.7 cm³/mol. The zero-order chi connectivity index (χ0) is 14.8. The molecule has 0 aliphatic carbocycles. The summed E-state index contributed by atoms with van der Waals surface area (Å²) in [6.07, 6.45) is 2.83. The van der Waals surface area contributed by atoms with Crippen LogP contribution in [0, 0.1) is 5.92 Å². The van der Waals surface area contributed by atoms with Crippen molar-refractivity contribution in [1.82, 2.24) is 4.90 Å². The van der Waals surface area contributed by atoms with Crippen LogP contribution in [0.5, 0.6) is 0 Å². The van der Waals surface area contributed by atoms with Gasteiger partial charge in [0.2, 0.25) is 0 Å². The summed E-state index contributed by atoms with van der Waals surface area (Å²) in [5.41, 5.74) is 0.242. The highest BCUT2D eigenvalue weighted by atomic mass is 16.6. The van der Waals surface area contributed by atoms with Crippen LogP contribution in [0.4, 0.5) is 4.79 Å². The van der Waals surface area contributed by atoms with Gasteiger partial charge in [-0.05, 0) is 34.1 Å². The van der Waals surface area contributed by atoms with Gasteiger partial charge in [-0.25, -0.2) is 4.79 Å². The van der Waals surface area contributed by atoms with Crippen LogP contribution < -0.4 is 0 Å². The largest absolute Gasteiger partial charge is 0.443 e. The van der Waals surface area contributed by atoms with E-state index in [1.807, 2.05) is 41.5 Å². The molecule has 0 N–H and O–H groups in total. The highest BCUT2D eigenvalue weighted by Gasteiger charge is 2.36. The molecule has 0 saturated carbocycles. The standard InChI is InChI=1S/C15H25NO3/c1-7-8-12-9-13(17)10(2)11(3)16(12)14(18)19-15(4,5)6/h9-11H,7-8H2,1-6H3/t10-,11-/m0/s1. The second-order valence-electron chi connectivity index (χ2n) is 6.17. The Morgan fingerprint density at radius 1 is 1.37 bits per heavy atom. The smallest absolute Gasteiger partial charge is 0.414 e. The Hall–Kier alpha value is -1.32. The maximum absolute atomic E-state index is 12.3. The zero-order valence-electron chi connectivity index (χ0n) is 12.8. The number of hydrogen-bond acceptors (Lipinski definition) is 3. The van der Waals surface area contributed by atoms with Gasteiger partial charge < -0.3 is 4.74 Å². The number of carbonyl (C=O) groups is 2. The van der Waals surface area contributed by atoms with E-state index in [4.69, 9.17) is 4.74 Å². The van der Waals surface area contributed by atoms with E-state index >= 15 is 0 Å². The van der Waals surface area contributed by atoms with E-state index in [0.29, 0.717) is 6.42 Å². The molecule has 1 aliphatic rings. The van der Waals surface area contributed by atoms with Gasteiger partial charge in [0.05, 0.1) is 0 Å². The molecular formula is C15H25NO3. The number of nitrogens with zero attached hydrogens (tertiary/aromatic N) is 1. The molecule has 0 aromatic heterocycles. The Bertz CT molecular complexity index is 393. The monoisotopic (exact) mass is 267 g/mol. The number of hydrogen-bond donors (Lipinski definition) is 0. The Morgan fingerprint density at radius 2 is 1.95 bits per heavy atom. The lowest BCUT2D eigenvalue weighted by Crippen LogP contribution is -2.48. The van der Waals surface area contributed by atoms with Gasteiger partial charge in [-0.15, -0.1) is 0 Å². The predicted octanol–water partition coefficient (Wildman–Crippen LogP) is 3.51. The van der Waals surface area contributed by atoms with Crippen molar-refractivity contribution in [2.75, 3.05) is 0 Å². The maximum Gasteiger partial charge on any atom is 0.414 e. The third kappa shape index (κ3) is 3.82. The lowest BCUT2D eigenvalue weighted by atomic mass is 9.91. The van der Waals surface area contributed by atoms with Gasteiger partial charge in [0.15, 0.2) is 5.78 Å². The summed E-state index contributed by atoms with van der Waals surface area (Å²) < 4.78 is 5.44. The van der Waals surface area contributed by atoms with Gasteiger partial charge in [0.25, 0.3) is 0 Å². The van der Waals surface area contributed by atoms with Crippen molar-refractivity contribution in [2.24, 2.45) is 5.92 Å². The third-order valence-corrected chi connectivity index (χ3v) is 3.29. The molecule has 1 rings (SSSR count). The fourth-order valence-corrected chi connectivity index (χ4v) is 2.13. The van der Waals surface area contributed by atoms with E-state index in [1.165, 1.54) is 0 Å². The van der Waals surface area contributed by atoms with Gasteiger partial charge in [0.1, 0.15) is 5.60 Å². The van der Waals surface area contributed by atoms with Crippen molar-refractivity contribution in [1.29, 1.82) is 0 Å². The minimum Gasteiger partial charge on any atom is -0.443 e. The molecule has 0 fully saturated rings. The van der Waals surface area contributed by atoms with Crippen molar-refractivity contribution in [3.05, 3.63) is 11.8 Å². The fourth-order valence-electron chi connectivity index (χ4n) is 2.13. The second-order valence-corrected chi connectivity index (χ2v) is 6.17. The second kappa shape index (κ2) is 5.76. The number of rotatable bonds is 2.